The van der Waals surface area contributed by atoms with Crippen LogP contribution in [0.5, 0.6) is 0 Å². The standard InChI is InChI=1S/C24H19FN2O4S/c1-3-31-24(30)19-17(14-8-5-4-6-9-14)13-32-23(19)26-22(29)16-12-27(2)20-15(21(16)28)10-7-11-18(20)25/h4-13H,3H2,1-2H3,(H,26,29). The molecule has 2 heterocycles. The van der Waals surface area contributed by atoms with Crippen LogP contribution < -0.4 is 10.7 Å². The van der Waals surface area contributed by atoms with Gasteiger partial charge in [0.1, 0.15) is 21.9 Å². The molecule has 0 spiro atoms. The highest BCUT2D eigenvalue weighted by Crippen LogP contribution is 2.36. The van der Waals surface area contributed by atoms with Gasteiger partial charge in [0.25, 0.3) is 5.91 Å². The number of ether oxygens (including phenoxy) is 1. The van der Waals surface area contributed by atoms with Crippen molar-refractivity contribution in [3.05, 3.63) is 87.3 Å². The van der Waals surface area contributed by atoms with E-state index in [2.05, 4.69) is 5.32 Å². The van der Waals surface area contributed by atoms with Crippen molar-refractivity contribution in [1.29, 1.82) is 0 Å². The molecule has 8 heteroatoms. The highest BCUT2D eigenvalue weighted by molar-refractivity contribution is 7.15. The number of hydrogen-bond donors (Lipinski definition) is 1. The quantitative estimate of drug-likeness (QED) is 0.442. The van der Waals surface area contributed by atoms with E-state index < -0.39 is 23.1 Å². The minimum atomic E-state index is -0.691. The number of carbonyl (C=O) groups excluding carboxylic acids is 2. The summed E-state index contributed by atoms with van der Waals surface area (Å²) in [5.74, 6) is -1.82. The summed E-state index contributed by atoms with van der Waals surface area (Å²) in [6, 6.07) is 13.4. The molecule has 2 aromatic carbocycles. The number of aromatic nitrogens is 1. The molecule has 0 aliphatic heterocycles. The van der Waals surface area contributed by atoms with Crippen LogP contribution in [0, 0.1) is 5.82 Å². The fourth-order valence-corrected chi connectivity index (χ4v) is 4.49. The molecule has 32 heavy (non-hydrogen) atoms. The summed E-state index contributed by atoms with van der Waals surface area (Å²) >= 11 is 1.16. The number of nitrogens with one attached hydrogen (secondary N) is 1. The molecule has 2 aromatic heterocycles. The van der Waals surface area contributed by atoms with Gasteiger partial charge in [-0.05, 0) is 24.6 Å². The number of aryl methyl sites for hydroxylation is 1. The number of nitrogens with zero attached hydrogens (tertiary/aromatic N) is 1. The van der Waals surface area contributed by atoms with Gasteiger partial charge in [0.05, 0.1) is 12.1 Å². The summed E-state index contributed by atoms with van der Waals surface area (Å²) in [6.45, 7) is 1.87. The van der Waals surface area contributed by atoms with Crippen LogP contribution in [0.2, 0.25) is 0 Å². The molecular formula is C24H19FN2O4S. The zero-order valence-corrected chi connectivity index (χ0v) is 18.2. The second-order valence-electron chi connectivity index (χ2n) is 7.01. The predicted octanol–water partition coefficient (Wildman–Crippen LogP) is 4.84. The minimum Gasteiger partial charge on any atom is -0.462 e. The van der Waals surface area contributed by atoms with Gasteiger partial charge in [0.15, 0.2) is 0 Å². The number of esters is 1. The number of halogens is 1. The van der Waals surface area contributed by atoms with Crippen LogP contribution in [0.4, 0.5) is 9.39 Å². The molecule has 1 amide bonds. The number of thiophene rings is 1. The number of fused-ring (bicyclic) bond motifs is 1. The Kier molecular flexibility index (Phi) is 5.87. The summed E-state index contributed by atoms with van der Waals surface area (Å²) in [4.78, 5) is 38.6. The molecule has 0 aliphatic rings. The highest BCUT2D eigenvalue weighted by atomic mass is 32.1. The van der Waals surface area contributed by atoms with Gasteiger partial charge in [-0.25, -0.2) is 9.18 Å². The van der Waals surface area contributed by atoms with Crippen LogP contribution in [-0.4, -0.2) is 23.1 Å². The Morgan fingerprint density at radius 3 is 2.59 bits per heavy atom. The van der Waals surface area contributed by atoms with E-state index >= 15 is 0 Å². The van der Waals surface area contributed by atoms with Gasteiger partial charge in [-0.2, -0.15) is 0 Å². The molecule has 0 fully saturated rings. The van der Waals surface area contributed by atoms with Crippen LogP contribution in [0.3, 0.4) is 0 Å². The van der Waals surface area contributed by atoms with E-state index in [1.807, 2.05) is 30.3 Å². The first-order valence-corrected chi connectivity index (χ1v) is 10.7. The van der Waals surface area contributed by atoms with Crippen LogP contribution >= 0.6 is 11.3 Å². The van der Waals surface area contributed by atoms with Gasteiger partial charge >= 0.3 is 5.97 Å². The summed E-state index contributed by atoms with van der Waals surface area (Å²) in [6.07, 6.45) is 1.29. The first-order valence-electron chi connectivity index (χ1n) is 9.85. The van der Waals surface area contributed by atoms with Gasteiger partial charge < -0.3 is 14.6 Å². The SMILES string of the molecule is CCOC(=O)c1c(-c2ccccc2)csc1NC(=O)c1cn(C)c2c(F)cccc2c1=O. The van der Waals surface area contributed by atoms with E-state index in [0.717, 1.165) is 16.9 Å². The first kappa shape index (κ1) is 21.5. The normalized spacial score (nSPS) is 10.8. The third-order valence-corrected chi connectivity index (χ3v) is 5.87. The summed E-state index contributed by atoms with van der Waals surface area (Å²) in [7, 11) is 1.56. The second kappa shape index (κ2) is 8.76. The van der Waals surface area contributed by atoms with Crippen LogP contribution in [0.25, 0.3) is 22.0 Å². The molecule has 0 saturated heterocycles. The zero-order chi connectivity index (χ0) is 22.8. The third kappa shape index (κ3) is 3.80. The van der Waals surface area contributed by atoms with Crippen LogP contribution in [-0.2, 0) is 11.8 Å². The number of anilines is 1. The van der Waals surface area contributed by atoms with E-state index in [1.165, 1.54) is 29.0 Å². The lowest BCUT2D eigenvalue weighted by Gasteiger charge is -2.11. The molecule has 0 bridgehead atoms. The molecule has 4 rings (SSSR count). The smallest absolute Gasteiger partial charge is 0.341 e. The predicted molar refractivity (Wildman–Crippen MR) is 123 cm³/mol. The second-order valence-corrected chi connectivity index (χ2v) is 7.89. The van der Waals surface area contributed by atoms with Crippen LogP contribution in [0.15, 0.2) is 64.9 Å². The Hall–Kier alpha value is -3.78. The van der Waals surface area contributed by atoms with Crippen molar-refractivity contribution >= 4 is 39.1 Å². The number of benzene rings is 2. The third-order valence-electron chi connectivity index (χ3n) is 4.98. The lowest BCUT2D eigenvalue weighted by Crippen LogP contribution is -2.24. The van der Waals surface area contributed by atoms with Crippen molar-refractivity contribution in [2.24, 2.45) is 7.05 Å². The molecule has 6 nitrogen and oxygen atoms in total. The highest BCUT2D eigenvalue weighted by Gasteiger charge is 2.24. The van der Waals surface area contributed by atoms with E-state index in [1.54, 1.807) is 19.4 Å². The molecule has 0 unspecified atom stereocenters. The molecule has 0 atom stereocenters. The molecule has 0 saturated carbocycles. The number of carbonyl (C=O) groups is 2. The molecule has 162 valence electrons. The van der Waals surface area contributed by atoms with Gasteiger partial charge in [-0.1, -0.05) is 36.4 Å². The Morgan fingerprint density at radius 2 is 1.88 bits per heavy atom. The van der Waals surface area contributed by atoms with Gasteiger partial charge in [-0.15, -0.1) is 11.3 Å². The fourth-order valence-electron chi connectivity index (χ4n) is 3.54. The number of para-hydroxylation sites is 1. The molecular weight excluding hydrogens is 431 g/mol. The van der Waals surface area contributed by atoms with E-state index in [0.29, 0.717) is 5.56 Å². The Labute approximate surface area is 186 Å². The van der Waals surface area contributed by atoms with Gasteiger partial charge in [0, 0.05) is 29.6 Å². The number of hydrogen-bond acceptors (Lipinski definition) is 5. The first-order chi connectivity index (χ1) is 15.4. The number of pyridine rings is 1. The molecule has 0 radical (unpaired) electrons. The number of amides is 1. The van der Waals surface area contributed by atoms with E-state index in [9.17, 15) is 18.8 Å². The molecule has 4 aromatic rings. The zero-order valence-electron chi connectivity index (χ0n) is 17.3. The number of rotatable bonds is 5. The van der Waals surface area contributed by atoms with Crippen molar-refractivity contribution in [2.75, 3.05) is 11.9 Å². The maximum absolute atomic E-state index is 14.2. The minimum absolute atomic E-state index is 0.0990. The Morgan fingerprint density at radius 1 is 1.12 bits per heavy atom. The van der Waals surface area contributed by atoms with Crippen molar-refractivity contribution in [2.45, 2.75) is 6.92 Å². The maximum Gasteiger partial charge on any atom is 0.341 e. The van der Waals surface area contributed by atoms with E-state index in [4.69, 9.17) is 4.74 Å². The average Bonchev–Trinajstić information content (AvgIpc) is 3.20. The van der Waals surface area contributed by atoms with Gasteiger partial charge in [-0.3, -0.25) is 9.59 Å². The monoisotopic (exact) mass is 450 g/mol. The van der Waals surface area contributed by atoms with Crippen molar-refractivity contribution in [3.63, 3.8) is 0 Å². The van der Waals surface area contributed by atoms with Crippen molar-refractivity contribution < 1.29 is 18.7 Å². The molecule has 0 aliphatic carbocycles. The van der Waals surface area contributed by atoms with Crippen molar-refractivity contribution in [1.82, 2.24) is 4.57 Å². The molecule has 1 N–H and O–H groups in total. The maximum atomic E-state index is 14.2. The fraction of sp³-hybridized carbons (Fsp3) is 0.125. The Bertz CT molecular complexity index is 1390. The van der Waals surface area contributed by atoms with Gasteiger partial charge in [0.2, 0.25) is 5.43 Å². The summed E-state index contributed by atoms with van der Waals surface area (Å²) in [5, 5.41) is 4.80. The Balaban J connectivity index is 1.77. The van der Waals surface area contributed by atoms with E-state index in [-0.39, 0.29) is 33.6 Å². The summed E-state index contributed by atoms with van der Waals surface area (Å²) < 4.78 is 20.8. The largest absolute Gasteiger partial charge is 0.462 e. The lowest BCUT2D eigenvalue weighted by atomic mass is 10.0. The van der Waals surface area contributed by atoms with Crippen LogP contribution in [0.1, 0.15) is 27.6 Å². The van der Waals surface area contributed by atoms with Crippen molar-refractivity contribution in [3.8, 4) is 11.1 Å². The summed E-state index contributed by atoms with van der Waals surface area (Å²) in [5.41, 5.74) is 1.01. The topological polar surface area (TPSA) is 77.4 Å². The lowest BCUT2D eigenvalue weighted by molar-refractivity contribution is 0.0529. The average molecular weight is 450 g/mol.